The number of nitrogens with one attached hydrogen (secondary N) is 1. The third kappa shape index (κ3) is 3.90. The summed E-state index contributed by atoms with van der Waals surface area (Å²) in [4.78, 5) is 13.8. The number of urea groups is 1. The Labute approximate surface area is 164 Å². The molecule has 1 aromatic carbocycles. The second kappa shape index (κ2) is 8.08. The maximum absolute atomic E-state index is 11.9. The molecular weight excluding hydrogens is 358 g/mol. The average Bonchev–Trinajstić information content (AvgIpc) is 3.37. The Morgan fingerprint density at radius 2 is 2.07 bits per heavy atom. The van der Waals surface area contributed by atoms with Gasteiger partial charge in [-0.05, 0) is 43.9 Å². The molecule has 0 radical (unpaired) electrons. The highest BCUT2D eigenvalue weighted by Crippen LogP contribution is 2.34. The van der Waals surface area contributed by atoms with Gasteiger partial charge < -0.3 is 19.7 Å². The molecule has 3 heterocycles. The number of hydrogen-bond acceptors (Lipinski definition) is 5. The van der Waals surface area contributed by atoms with Gasteiger partial charge >= 0.3 is 6.03 Å². The monoisotopic (exact) mass is 385 g/mol. The standard InChI is InChI=1S/C20H27N5O3/c1-3-21-20(26)24-8-6-16(7-9-24)25-12-17(22-23-25)14(2)10-15-4-5-18-19(11-15)28-13-27-18/h4-5,11-12,14,16H,3,6-10,13H2,1-2H3,(H,21,26). The second-order valence-electron chi connectivity index (χ2n) is 7.47. The van der Waals surface area contributed by atoms with Crippen LogP contribution in [0.3, 0.4) is 0 Å². The molecule has 2 aliphatic heterocycles. The Morgan fingerprint density at radius 1 is 1.29 bits per heavy atom. The van der Waals surface area contributed by atoms with E-state index >= 15 is 0 Å². The number of likely N-dealkylation sites (tertiary alicyclic amines) is 1. The lowest BCUT2D eigenvalue weighted by molar-refractivity contribution is 0.168. The zero-order valence-corrected chi connectivity index (χ0v) is 16.4. The summed E-state index contributed by atoms with van der Waals surface area (Å²) >= 11 is 0. The van der Waals surface area contributed by atoms with E-state index in [-0.39, 0.29) is 11.9 Å². The van der Waals surface area contributed by atoms with E-state index in [1.54, 1.807) is 0 Å². The summed E-state index contributed by atoms with van der Waals surface area (Å²) in [6.45, 7) is 6.55. The molecular formula is C20H27N5O3. The highest BCUT2D eigenvalue weighted by atomic mass is 16.7. The minimum Gasteiger partial charge on any atom is -0.454 e. The van der Waals surface area contributed by atoms with E-state index in [1.807, 2.05) is 28.6 Å². The molecule has 0 spiro atoms. The first-order chi connectivity index (χ1) is 13.6. The van der Waals surface area contributed by atoms with Gasteiger partial charge in [0.25, 0.3) is 0 Å². The third-order valence-corrected chi connectivity index (χ3v) is 5.47. The number of benzene rings is 1. The number of nitrogens with zero attached hydrogens (tertiary/aromatic N) is 4. The van der Waals surface area contributed by atoms with Crippen molar-refractivity contribution in [1.82, 2.24) is 25.2 Å². The van der Waals surface area contributed by atoms with Gasteiger partial charge in [0.05, 0.1) is 11.7 Å². The molecule has 1 N–H and O–H groups in total. The molecule has 28 heavy (non-hydrogen) atoms. The number of carbonyl (C=O) groups excluding carboxylic acids is 1. The van der Waals surface area contributed by atoms with E-state index in [9.17, 15) is 4.79 Å². The summed E-state index contributed by atoms with van der Waals surface area (Å²) in [6.07, 6.45) is 4.72. The maximum atomic E-state index is 11.9. The summed E-state index contributed by atoms with van der Waals surface area (Å²) < 4.78 is 12.8. The van der Waals surface area contributed by atoms with Crippen LogP contribution in [0.1, 0.15) is 49.9 Å². The van der Waals surface area contributed by atoms with Crippen molar-refractivity contribution in [3.8, 4) is 11.5 Å². The maximum Gasteiger partial charge on any atom is 0.317 e. The normalized spacial score (nSPS) is 17.6. The van der Waals surface area contributed by atoms with E-state index in [2.05, 4.69) is 34.8 Å². The van der Waals surface area contributed by atoms with Gasteiger partial charge in [-0.25, -0.2) is 9.48 Å². The van der Waals surface area contributed by atoms with Crippen molar-refractivity contribution in [2.45, 2.75) is 45.1 Å². The predicted octanol–water partition coefficient (Wildman–Crippen LogP) is 2.72. The van der Waals surface area contributed by atoms with Crippen LogP contribution in [0.4, 0.5) is 4.79 Å². The summed E-state index contributed by atoms with van der Waals surface area (Å²) in [5, 5.41) is 11.6. The number of carbonyl (C=O) groups is 1. The quantitative estimate of drug-likeness (QED) is 0.856. The number of rotatable bonds is 5. The SMILES string of the molecule is CCNC(=O)N1CCC(n2cc(C(C)Cc3ccc4c(c3)OCO4)nn2)CC1. The van der Waals surface area contributed by atoms with Crippen LogP contribution in [0.15, 0.2) is 24.4 Å². The van der Waals surface area contributed by atoms with Gasteiger partial charge in [-0.1, -0.05) is 18.2 Å². The number of fused-ring (bicyclic) bond motifs is 1. The predicted molar refractivity (Wildman–Crippen MR) is 104 cm³/mol. The van der Waals surface area contributed by atoms with Crippen LogP contribution in [-0.2, 0) is 6.42 Å². The zero-order valence-electron chi connectivity index (χ0n) is 16.4. The van der Waals surface area contributed by atoms with Gasteiger partial charge in [0, 0.05) is 31.7 Å². The van der Waals surface area contributed by atoms with Crippen LogP contribution in [-0.4, -0.2) is 52.4 Å². The molecule has 1 saturated heterocycles. The molecule has 2 aromatic rings. The molecule has 4 rings (SSSR count). The summed E-state index contributed by atoms with van der Waals surface area (Å²) in [5.41, 5.74) is 2.19. The molecule has 0 saturated carbocycles. The Morgan fingerprint density at radius 3 is 2.86 bits per heavy atom. The minimum atomic E-state index is 0.0255. The number of amides is 2. The molecule has 0 bridgehead atoms. The topological polar surface area (TPSA) is 81.5 Å². The lowest BCUT2D eigenvalue weighted by Crippen LogP contribution is -2.44. The molecule has 1 aromatic heterocycles. The first-order valence-corrected chi connectivity index (χ1v) is 9.97. The molecule has 150 valence electrons. The highest BCUT2D eigenvalue weighted by molar-refractivity contribution is 5.74. The van der Waals surface area contributed by atoms with Gasteiger partial charge in [0.1, 0.15) is 0 Å². The molecule has 1 unspecified atom stereocenters. The lowest BCUT2D eigenvalue weighted by atomic mass is 9.98. The van der Waals surface area contributed by atoms with Crippen LogP contribution in [0.25, 0.3) is 0 Å². The fourth-order valence-corrected chi connectivity index (χ4v) is 3.82. The highest BCUT2D eigenvalue weighted by Gasteiger charge is 2.25. The smallest absolute Gasteiger partial charge is 0.317 e. The molecule has 8 heteroatoms. The van der Waals surface area contributed by atoms with Crippen molar-refractivity contribution in [2.75, 3.05) is 26.4 Å². The van der Waals surface area contributed by atoms with Gasteiger partial charge in [0.15, 0.2) is 11.5 Å². The van der Waals surface area contributed by atoms with E-state index in [0.29, 0.717) is 19.4 Å². The van der Waals surface area contributed by atoms with Crippen molar-refractivity contribution >= 4 is 6.03 Å². The number of piperidine rings is 1. The Balaban J connectivity index is 1.34. The van der Waals surface area contributed by atoms with Gasteiger partial charge in [-0.2, -0.15) is 0 Å². The van der Waals surface area contributed by atoms with Gasteiger partial charge in [-0.3, -0.25) is 0 Å². The number of aromatic nitrogens is 3. The van der Waals surface area contributed by atoms with Crippen LogP contribution >= 0.6 is 0 Å². The Kier molecular flexibility index (Phi) is 5.36. The zero-order chi connectivity index (χ0) is 19.5. The van der Waals surface area contributed by atoms with Crippen molar-refractivity contribution in [3.63, 3.8) is 0 Å². The van der Waals surface area contributed by atoms with E-state index in [0.717, 1.165) is 49.5 Å². The van der Waals surface area contributed by atoms with Crippen molar-refractivity contribution in [1.29, 1.82) is 0 Å². The summed E-state index contributed by atoms with van der Waals surface area (Å²) in [5.74, 6) is 1.87. The first kappa shape index (κ1) is 18.6. The molecule has 1 atom stereocenters. The molecule has 1 fully saturated rings. The van der Waals surface area contributed by atoms with Gasteiger partial charge in [-0.15, -0.1) is 5.10 Å². The van der Waals surface area contributed by atoms with E-state index in [1.165, 1.54) is 5.56 Å². The molecule has 2 aliphatic rings. The third-order valence-electron chi connectivity index (χ3n) is 5.47. The second-order valence-corrected chi connectivity index (χ2v) is 7.47. The summed E-state index contributed by atoms with van der Waals surface area (Å²) in [7, 11) is 0. The molecule has 0 aliphatic carbocycles. The fourth-order valence-electron chi connectivity index (χ4n) is 3.82. The van der Waals surface area contributed by atoms with Crippen molar-refractivity contribution in [2.24, 2.45) is 0 Å². The largest absolute Gasteiger partial charge is 0.454 e. The van der Waals surface area contributed by atoms with Crippen LogP contribution < -0.4 is 14.8 Å². The minimum absolute atomic E-state index is 0.0255. The Bertz CT molecular complexity index is 829. The lowest BCUT2D eigenvalue weighted by Gasteiger charge is -2.31. The molecule has 2 amide bonds. The molecule has 8 nitrogen and oxygen atoms in total. The number of ether oxygens (including phenoxy) is 2. The van der Waals surface area contributed by atoms with E-state index in [4.69, 9.17) is 9.47 Å². The number of hydrogen-bond donors (Lipinski definition) is 1. The fraction of sp³-hybridized carbons (Fsp3) is 0.550. The average molecular weight is 385 g/mol. The van der Waals surface area contributed by atoms with Crippen molar-refractivity contribution in [3.05, 3.63) is 35.7 Å². The van der Waals surface area contributed by atoms with Gasteiger partial charge in [0.2, 0.25) is 6.79 Å². The summed E-state index contributed by atoms with van der Waals surface area (Å²) in [6, 6.07) is 6.40. The Hall–Kier alpha value is -2.77. The first-order valence-electron chi connectivity index (χ1n) is 9.97. The van der Waals surface area contributed by atoms with Crippen LogP contribution in [0, 0.1) is 0 Å². The van der Waals surface area contributed by atoms with Crippen LogP contribution in [0.2, 0.25) is 0 Å². The van der Waals surface area contributed by atoms with Crippen molar-refractivity contribution < 1.29 is 14.3 Å². The van der Waals surface area contributed by atoms with E-state index < -0.39 is 0 Å². The van der Waals surface area contributed by atoms with Crippen LogP contribution in [0.5, 0.6) is 11.5 Å².